The predicted octanol–water partition coefficient (Wildman–Crippen LogP) is 2.87. The number of fused-ring (bicyclic) bond motifs is 2. The molecule has 0 spiro atoms. The maximum absolute atomic E-state index is 6.14. The summed E-state index contributed by atoms with van der Waals surface area (Å²) in [6.07, 6.45) is 1.71. The van der Waals surface area contributed by atoms with Crippen LogP contribution in [0.4, 0.5) is 5.69 Å². The molecule has 0 bridgehead atoms. The topological polar surface area (TPSA) is 53.9 Å². The van der Waals surface area contributed by atoms with Crippen LogP contribution >= 0.6 is 11.6 Å². The van der Waals surface area contributed by atoms with E-state index in [0.717, 1.165) is 37.7 Å². The van der Waals surface area contributed by atoms with Gasteiger partial charge in [0.05, 0.1) is 11.9 Å². The molecular formula is C17H18ClN5O. The third-order valence-electron chi connectivity index (χ3n) is 4.23. The number of nitrogens with zero attached hydrogens (tertiary/aromatic N) is 5. The molecule has 6 nitrogen and oxygen atoms in total. The van der Waals surface area contributed by atoms with Gasteiger partial charge in [0.25, 0.3) is 0 Å². The Balaban J connectivity index is 1.85. The molecule has 0 saturated carbocycles. The molecule has 24 heavy (non-hydrogen) atoms. The lowest BCUT2D eigenvalue weighted by Crippen LogP contribution is -2.47. The van der Waals surface area contributed by atoms with Gasteiger partial charge in [0, 0.05) is 31.2 Å². The molecule has 124 valence electrons. The Bertz CT molecular complexity index is 815. The highest BCUT2D eigenvalue weighted by atomic mass is 35.5. The molecule has 4 rings (SSSR count). The number of halogens is 1. The van der Waals surface area contributed by atoms with Crippen LogP contribution in [0.25, 0.3) is 0 Å². The predicted molar refractivity (Wildman–Crippen MR) is 93.6 cm³/mol. The fourth-order valence-corrected chi connectivity index (χ4v) is 3.03. The number of aliphatic imine (C=N–C) groups is 1. The van der Waals surface area contributed by atoms with E-state index in [9.17, 15) is 0 Å². The van der Waals surface area contributed by atoms with Crippen LogP contribution in [0, 0.1) is 6.92 Å². The van der Waals surface area contributed by atoms with Gasteiger partial charge in [0.15, 0.2) is 17.3 Å². The van der Waals surface area contributed by atoms with Crippen molar-refractivity contribution in [3.8, 4) is 11.6 Å². The van der Waals surface area contributed by atoms with Gasteiger partial charge in [-0.3, -0.25) is 0 Å². The minimum absolute atomic E-state index is 0.486. The number of rotatable bonds is 0. The number of likely N-dealkylation sites (N-methyl/N-ethyl adjacent to an activating group) is 1. The molecule has 1 aromatic heterocycles. The second-order valence-electron chi connectivity index (χ2n) is 6.10. The van der Waals surface area contributed by atoms with E-state index in [1.165, 1.54) is 0 Å². The average molecular weight is 344 g/mol. The van der Waals surface area contributed by atoms with E-state index in [1.54, 1.807) is 12.3 Å². The summed E-state index contributed by atoms with van der Waals surface area (Å²) in [4.78, 5) is 18.5. The summed E-state index contributed by atoms with van der Waals surface area (Å²) in [7, 11) is 2.13. The second-order valence-corrected chi connectivity index (χ2v) is 6.54. The highest BCUT2D eigenvalue weighted by Gasteiger charge is 2.27. The van der Waals surface area contributed by atoms with E-state index in [-0.39, 0.29) is 0 Å². The molecule has 3 heterocycles. The molecule has 0 amide bonds. The monoisotopic (exact) mass is 343 g/mol. The van der Waals surface area contributed by atoms with E-state index >= 15 is 0 Å². The SMILES string of the molecule is Cc1cnc2c(n1)C(N1CCN(C)CC1)=Nc1cc(Cl)ccc1O2. The summed E-state index contributed by atoms with van der Waals surface area (Å²) in [5, 5.41) is 0.627. The molecule has 0 N–H and O–H groups in total. The first kappa shape index (κ1) is 15.4. The fourth-order valence-electron chi connectivity index (χ4n) is 2.86. The number of benzene rings is 1. The Morgan fingerprint density at radius 3 is 2.75 bits per heavy atom. The molecule has 0 atom stereocenters. The van der Waals surface area contributed by atoms with Crippen LogP contribution in [-0.2, 0) is 0 Å². The van der Waals surface area contributed by atoms with Crippen molar-refractivity contribution in [2.45, 2.75) is 6.92 Å². The zero-order chi connectivity index (χ0) is 16.7. The number of hydrogen-bond acceptors (Lipinski definition) is 6. The van der Waals surface area contributed by atoms with Crippen molar-refractivity contribution < 1.29 is 4.74 Å². The number of amidine groups is 1. The van der Waals surface area contributed by atoms with Crippen LogP contribution in [0.15, 0.2) is 29.4 Å². The molecule has 2 aliphatic heterocycles. The average Bonchev–Trinajstić information content (AvgIpc) is 2.72. The Hall–Kier alpha value is -2.18. The van der Waals surface area contributed by atoms with Crippen LogP contribution in [0.5, 0.6) is 11.6 Å². The van der Waals surface area contributed by atoms with Crippen molar-refractivity contribution in [2.24, 2.45) is 4.99 Å². The summed E-state index contributed by atoms with van der Waals surface area (Å²) in [6, 6.07) is 5.42. The van der Waals surface area contributed by atoms with Gasteiger partial charge < -0.3 is 14.5 Å². The lowest BCUT2D eigenvalue weighted by atomic mass is 10.2. The van der Waals surface area contributed by atoms with E-state index in [0.29, 0.717) is 28.0 Å². The number of piperazine rings is 1. The normalized spacial score (nSPS) is 17.5. The number of hydrogen-bond donors (Lipinski definition) is 0. The molecular weight excluding hydrogens is 326 g/mol. The van der Waals surface area contributed by atoms with Gasteiger partial charge in [-0.05, 0) is 32.2 Å². The second kappa shape index (κ2) is 6.03. The Morgan fingerprint density at radius 1 is 1.17 bits per heavy atom. The molecule has 2 aromatic rings. The van der Waals surface area contributed by atoms with Gasteiger partial charge in [-0.1, -0.05) is 11.6 Å². The van der Waals surface area contributed by atoms with Crippen molar-refractivity contribution in [1.82, 2.24) is 19.8 Å². The lowest BCUT2D eigenvalue weighted by Gasteiger charge is -2.34. The van der Waals surface area contributed by atoms with E-state index in [1.807, 2.05) is 19.1 Å². The first-order chi connectivity index (χ1) is 11.6. The zero-order valence-electron chi connectivity index (χ0n) is 13.7. The van der Waals surface area contributed by atoms with Crippen molar-refractivity contribution in [1.29, 1.82) is 0 Å². The Morgan fingerprint density at radius 2 is 1.96 bits per heavy atom. The summed E-state index contributed by atoms with van der Waals surface area (Å²) < 4.78 is 5.97. The summed E-state index contributed by atoms with van der Waals surface area (Å²) in [5.41, 5.74) is 2.23. The highest BCUT2D eigenvalue weighted by Crippen LogP contribution is 2.38. The van der Waals surface area contributed by atoms with Crippen molar-refractivity contribution >= 4 is 23.1 Å². The van der Waals surface area contributed by atoms with Crippen LogP contribution in [0.2, 0.25) is 5.02 Å². The summed E-state index contributed by atoms with van der Waals surface area (Å²) >= 11 is 6.14. The van der Waals surface area contributed by atoms with Gasteiger partial charge >= 0.3 is 0 Å². The van der Waals surface area contributed by atoms with Gasteiger partial charge in [0.2, 0.25) is 5.88 Å². The first-order valence-corrected chi connectivity index (χ1v) is 8.31. The zero-order valence-corrected chi connectivity index (χ0v) is 14.4. The molecule has 0 radical (unpaired) electrons. The maximum Gasteiger partial charge on any atom is 0.249 e. The van der Waals surface area contributed by atoms with Crippen LogP contribution in [0.3, 0.4) is 0 Å². The van der Waals surface area contributed by atoms with Gasteiger partial charge in [0.1, 0.15) is 5.69 Å². The lowest BCUT2D eigenvalue weighted by molar-refractivity contribution is 0.215. The largest absolute Gasteiger partial charge is 0.435 e. The van der Waals surface area contributed by atoms with Crippen LogP contribution < -0.4 is 4.74 Å². The summed E-state index contributed by atoms with van der Waals surface area (Å²) in [5.74, 6) is 1.93. The van der Waals surface area contributed by atoms with Crippen molar-refractivity contribution in [2.75, 3.05) is 33.2 Å². The first-order valence-electron chi connectivity index (χ1n) is 7.94. The summed E-state index contributed by atoms with van der Waals surface area (Å²) in [6.45, 7) is 5.66. The number of aromatic nitrogens is 2. The van der Waals surface area contributed by atoms with E-state index < -0.39 is 0 Å². The minimum atomic E-state index is 0.486. The van der Waals surface area contributed by atoms with Gasteiger partial charge in [-0.25, -0.2) is 15.0 Å². The van der Waals surface area contributed by atoms with Crippen molar-refractivity contribution in [3.05, 3.63) is 40.8 Å². The van der Waals surface area contributed by atoms with E-state index in [2.05, 4.69) is 26.8 Å². The van der Waals surface area contributed by atoms with Crippen LogP contribution in [0.1, 0.15) is 11.4 Å². The third-order valence-corrected chi connectivity index (χ3v) is 4.46. The van der Waals surface area contributed by atoms with Crippen molar-refractivity contribution in [3.63, 3.8) is 0 Å². The Labute approximate surface area is 145 Å². The number of aryl methyl sites for hydroxylation is 1. The minimum Gasteiger partial charge on any atom is -0.435 e. The smallest absolute Gasteiger partial charge is 0.249 e. The van der Waals surface area contributed by atoms with Crippen LogP contribution in [-0.4, -0.2) is 58.8 Å². The molecule has 0 aliphatic carbocycles. The molecule has 1 fully saturated rings. The molecule has 2 aliphatic rings. The van der Waals surface area contributed by atoms with E-state index in [4.69, 9.17) is 21.3 Å². The standard InChI is InChI=1S/C17H18ClN5O/c1-11-10-19-17-15(20-11)16(23-7-5-22(2)6-8-23)21-13-9-12(18)3-4-14(13)24-17/h3-4,9-10H,5-8H2,1-2H3. The fraction of sp³-hybridized carbons (Fsp3) is 0.353. The van der Waals surface area contributed by atoms with Gasteiger partial charge in [-0.15, -0.1) is 0 Å². The van der Waals surface area contributed by atoms with Gasteiger partial charge in [-0.2, -0.15) is 0 Å². The number of ether oxygens (including phenoxy) is 1. The highest BCUT2D eigenvalue weighted by molar-refractivity contribution is 6.31. The molecule has 7 heteroatoms. The quantitative estimate of drug-likeness (QED) is 0.736. The molecule has 1 aromatic carbocycles. The maximum atomic E-state index is 6.14. The Kier molecular flexibility index (Phi) is 3.86. The molecule has 1 saturated heterocycles. The third kappa shape index (κ3) is 2.83. The molecule has 0 unspecified atom stereocenters.